The summed E-state index contributed by atoms with van der Waals surface area (Å²) in [5, 5.41) is 10.1. The highest BCUT2D eigenvalue weighted by molar-refractivity contribution is 5.54. The van der Waals surface area contributed by atoms with Crippen molar-refractivity contribution in [2.24, 2.45) is 11.3 Å². The third-order valence-corrected chi connectivity index (χ3v) is 8.61. The second-order valence-corrected chi connectivity index (χ2v) is 10.7. The first-order valence-corrected chi connectivity index (χ1v) is 12.7. The molecule has 4 nitrogen and oxygen atoms in total. The van der Waals surface area contributed by atoms with Crippen molar-refractivity contribution < 1.29 is 9.90 Å². The van der Waals surface area contributed by atoms with Crippen LogP contribution in [0.3, 0.4) is 0 Å². The van der Waals surface area contributed by atoms with Crippen molar-refractivity contribution in [3.63, 3.8) is 0 Å². The summed E-state index contributed by atoms with van der Waals surface area (Å²) >= 11 is 0. The van der Waals surface area contributed by atoms with Crippen molar-refractivity contribution >= 4 is 12.1 Å². The van der Waals surface area contributed by atoms with Gasteiger partial charge in [0.15, 0.2) is 0 Å². The molecule has 2 fully saturated rings. The van der Waals surface area contributed by atoms with Crippen LogP contribution < -0.4 is 4.90 Å². The van der Waals surface area contributed by atoms with Crippen LogP contribution >= 0.6 is 0 Å². The van der Waals surface area contributed by atoms with E-state index < -0.39 is 0 Å². The standard InChI is InChI=1S/C30H32N2O2/c33-18-21-12-14-30(15-13-21)19-32(20-30)28-11-7-24(17-31-28)29-26(22-4-2-1-3-5-22)9-6-23-16-25(34)8-10-27(23)29/h1-5,7-8,10-11,16-18,21,26,29,34H,6,9,12-15,19-20H2/t26-,29+/m1/s1. The summed E-state index contributed by atoms with van der Waals surface area (Å²) in [4.78, 5) is 18.4. The van der Waals surface area contributed by atoms with Crippen molar-refractivity contribution in [3.05, 3.63) is 89.1 Å². The van der Waals surface area contributed by atoms with Gasteiger partial charge in [-0.2, -0.15) is 0 Å². The predicted octanol–water partition coefficient (Wildman–Crippen LogP) is 5.84. The Morgan fingerprint density at radius 3 is 2.44 bits per heavy atom. The number of carbonyl (C=O) groups excluding carboxylic acids is 1. The maximum absolute atomic E-state index is 11.1. The fraction of sp³-hybridized carbons (Fsp3) is 0.400. The number of aldehydes is 1. The monoisotopic (exact) mass is 452 g/mol. The van der Waals surface area contributed by atoms with E-state index in [0.717, 1.165) is 63.7 Å². The van der Waals surface area contributed by atoms with Crippen LogP contribution in [0.1, 0.15) is 66.2 Å². The lowest BCUT2D eigenvalue weighted by Crippen LogP contribution is -2.58. The van der Waals surface area contributed by atoms with Crippen LogP contribution in [0.25, 0.3) is 0 Å². The number of phenolic OH excluding ortho intramolecular Hbond substituents is 1. The molecule has 1 saturated carbocycles. The van der Waals surface area contributed by atoms with Crippen molar-refractivity contribution in [3.8, 4) is 5.75 Å². The number of carbonyl (C=O) groups is 1. The third kappa shape index (κ3) is 3.79. The Labute approximate surface area is 201 Å². The minimum absolute atomic E-state index is 0.231. The molecular formula is C30H32N2O2. The number of aryl methyl sites for hydroxylation is 1. The van der Waals surface area contributed by atoms with E-state index in [4.69, 9.17) is 4.98 Å². The van der Waals surface area contributed by atoms with E-state index in [9.17, 15) is 9.90 Å². The zero-order valence-electron chi connectivity index (χ0n) is 19.6. The molecule has 3 aromatic rings. The minimum atomic E-state index is 0.231. The molecule has 0 amide bonds. The molecule has 2 aromatic carbocycles. The highest BCUT2D eigenvalue weighted by Crippen LogP contribution is 2.48. The molecule has 2 aliphatic carbocycles. The lowest BCUT2D eigenvalue weighted by molar-refractivity contribution is -0.112. The number of phenols is 1. The number of benzene rings is 2. The number of hydrogen-bond donors (Lipinski definition) is 1. The molecule has 1 N–H and O–H groups in total. The Morgan fingerprint density at radius 2 is 1.74 bits per heavy atom. The first kappa shape index (κ1) is 21.4. The molecule has 34 heavy (non-hydrogen) atoms. The van der Waals surface area contributed by atoms with Crippen LogP contribution in [0, 0.1) is 11.3 Å². The maximum atomic E-state index is 11.1. The lowest BCUT2D eigenvalue weighted by atomic mass is 9.66. The first-order chi connectivity index (χ1) is 16.6. The molecule has 3 aliphatic rings. The summed E-state index contributed by atoms with van der Waals surface area (Å²) < 4.78 is 0. The molecule has 1 saturated heterocycles. The third-order valence-electron chi connectivity index (χ3n) is 8.61. The van der Waals surface area contributed by atoms with E-state index in [1.165, 1.54) is 22.3 Å². The predicted molar refractivity (Wildman–Crippen MR) is 134 cm³/mol. The van der Waals surface area contributed by atoms with Gasteiger partial charge in [0.2, 0.25) is 0 Å². The van der Waals surface area contributed by atoms with Gasteiger partial charge < -0.3 is 14.8 Å². The van der Waals surface area contributed by atoms with E-state index in [2.05, 4.69) is 59.6 Å². The van der Waals surface area contributed by atoms with Crippen molar-refractivity contribution in [2.45, 2.75) is 50.4 Å². The Bertz CT molecular complexity index is 1160. The average Bonchev–Trinajstić information content (AvgIpc) is 2.87. The molecule has 4 heteroatoms. The van der Waals surface area contributed by atoms with E-state index in [1.54, 1.807) is 0 Å². The van der Waals surface area contributed by atoms with E-state index in [1.807, 2.05) is 12.1 Å². The highest BCUT2D eigenvalue weighted by atomic mass is 16.3. The summed E-state index contributed by atoms with van der Waals surface area (Å²) in [5.41, 5.74) is 5.55. The van der Waals surface area contributed by atoms with Gasteiger partial charge in [0.25, 0.3) is 0 Å². The van der Waals surface area contributed by atoms with Gasteiger partial charge in [-0.1, -0.05) is 42.5 Å². The van der Waals surface area contributed by atoms with Crippen molar-refractivity contribution in [1.29, 1.82) is 0 Å². The largest absolute Gasteiger partial charge is 0.508 e. The molecule has 0 bridgehead atoms. The van der Waals surface area contributed by atoms with Gasteiger partial charge in [-0.05, 0) is 84.9 Å². The second-order valence-electron chi connectivity index (χ2n) is 10.7. The number of nitrogens with zero attached hydrogens (tertiary/aromatic N) is 2. The average molecular weight is 453 g/mol. The molecule has 0 unspecified atom stereocenters. The van der Waals surface area contributed by atoms with Gasteiger partial charge in [-0.25, -0.2) is 4.98 Å². The molecule has 1 spiro atoms. The number of rotatable bonds is 4. The summed E-state index contributed by atoms with van der Waals surface area (Å²) in [6.07, 6.45) is 9.67. The van der Waals surface area contributed by atoms with E-state index in [-0.39, 0.29) is 11.8 Å². The number of pyridine rings is 1. The zero-order valence-corrected chi connectivity index (χ0v) is 19.6. The summed E-state index contributed by atoms with van der Waals surface area (Å²) in [6.45, 7) is 2.12. The van der Waals surface area contributed by atoms with E-state index >= 15 is 0 Å². The highest BCUT2D eigenvalue weighted by Gasteiger charge is 2.45. The number of anilines is 1. The lowest BCUT2D eigenvalue weighted by Gasteiger charge is -2.53. The number of aromatic hydroxyl groups is 1. The zero-order chi connectivity index (χ0) is 23.1. The molecule has 174 valence electrons. The van der Waals surface area contributed by atoms with Crippen LogP contribution in [-0.4, -0.2) is 29.5 Å². The molecule has 6 rings (SSSR count). The van der Waals surface area contributed by atoms with Gasteiger partial charge in [0.05, 0.1) is 0 Å². The fourth-order valence-corrected chi connectivity index (χ4v) is 6.68. The molecular weight excluding hydrogens is 420 g/mol. The SMILES string of the molecule is O=CC1CCC2(CC1)CN(c1ccc([C@@H]3c4ccc(O)cc4CC[C@@H]3c3ccccc3)cn1)C2. The Morgan fingerprint density at radius 1 is 0.941 bits per heavy atom. The van der Waals surface area contributed by atoms with Gasteiger partial charge in [0, 0.05) is 36.5 Å². The molecule has 0 radical (unpaired) electrons. The molecule has 2 heterocycles. The smallest absolute Gasteiger partial charge is 0.128 e. The Balaban J connectivity index is 1.25. The van der Waals surface area contributed by atoms with Crippen LogP contribution in [-0.2, 0) is 11.2 Å². The quantitative estimate of drug-likeness (QED) is 0.505. The summed E-state index contributed by atoms with van der Waals surface area (Å²) in [6, 6.07) is 21.1. The minimum Gasteiger partial charge on any atom is -0.508 e. The van der Waals surface area contributed by atoms with Crippen LogP contribution in [0.4, 0.5) is 5.82 Å². The normalized spacial score (nSPS) is 23.8. The van der Waals surface area contributed by atoms with E-state index in [0.29, 0.717) is 17.1 Å². The number of aromatic nitrogens is 1. The van der Waals surface area contributed by atoms with Gasteiger partial charge in [-0.3, -0.25) is 0 Å². The number of hydrogen-bond acceptors (Lipinski definition) is 4. The topological polar surface area (TPSA) is 53.4 Å². The first-order valence-electron chi connectivity index (χ1n) is 12.7. The van der Waals surface area contributed by atoms with Crippen LogP contribution in [0.2, 0.25) is 0 Å². The van der Waals surface area contributed by atoms with Crippen molar-refractivity contribution in [1.82, 2.24) is 4.98 Å². The molecule has 2 atom stereocenters. The summed E-state index contributed by atoms with van der Waals surface area (Å²) in [7, 11) is 0. The molecule has 1 aromatic heterocycles. The van der Waals surface area contributed by atoms with Crippen molar-refractivity contribution in [2.75, 3.05) is 18.0 Å². The number of fused-ring (bicyclic) bond motifs is 1. The Kier molecular flexibility index (Phi) is 5.40. The fourth-order valence-electron chi connectivity index (χ4n) is 6.68. The van der Waals surface area contributed by atoms with Gasteiger partial charge >= 0.3 is 0 Å². The van der Waals surface area contributed by atoms with Crippen LogP contribution in [0.15, 0.2) is 66.9 Å². The molecule has 1 aliphatic heterocycles. The second kappa shape index (κ2) is 8.57. The van der Waals surface area contributed by atoms with Gasteiger partial charge in [-0.15, -0.1) is 0 Å². The van der Waals surface area contributed by atoms with Gasteiger partial charge in [0.1, 0.15) is 17.9 Å². The Hall–Kier alpha value is -3.14. The summed E-state index contributed by atoms with van der Waals surface area (Å²) in [5.74, 6) is 2.30. The van der Waals surface area contributed by atoms with Crippen LogP contribution in [0.5, 0.6) is 5.75 Å². The maximum Gasteiger partial charge on any atom is 0.128 e.